The van der Waals surface area contributed by atoms with Crippen molar-refractivity contribution >= 4 is 5.91 Å². The number of amides is 1. The lowest BCUT2D eigenvalue weighted by Crippen LogP contribution is -2.36. The number of nitrogens with one attached hydrogen (secondary N) is 2. The molecule has 0 aliphatic carbocycles. The quantitative estimate of drug-likeness (QED) is 0.680. The molecule has 0 heterocycles. The van der Waals surface area contributed by atoms with Gasteiger partial charge in [-0.1, -0.05) is 37.3 Å². The first-order chi connectivity index (χ1) is 8.74. The molecule has 4 heteroatoms. The van der Waals surface area contributed by atoms with Gasteiger partial charge in [0, 0.05) is 20.2 Å². The van der Waals surface area contributed by atoms with E-state index in [1.807, 2.05) is 18.2 Å². The van der Waals surface area contributed by atoms with Crippen LogP contribution in [-0.4, -0.2) is 39.3 Å². The van der Waals surface area contributed by atoms with Gasteiger partial charge in [-0.05, 0) is 11.5 Å². The maximum Gasteiger partial charge on any atom is 0.234 e. The van der Waals surface area contributed by atoms with Crippen molar-refractivity contribution in [2.24, 2.45) is 0 Å². The zero-order valence-electron chi connectivity index (χ0n) is 11.1. The maximum atomic E-state index is 11.4. The van der Waals surface area contributed by atoms with Crippen molar-refractivity contribution in [2.45, 2.75) is 12.8 Å². The van der Waals surface area contributed by atoms with E-state index in [-0.39, 0.29) is 5.91 Å². The molecule has 4 nitrogen and oxygen atoms in total. The molecule has 0 radical (unpaired) electrons. The van der Waals surface area contributed by atoms with E-state index in [1.165, 1.54) is 5.56 Å². The monoisotopic (exact) mass is 250 g/mol. The fraction of sp³-hybridized carbons (Fsp3) is 0.500. The van der Waals surface area contributed by atoms with Crippen LogP contribution >= 0.6 is 0 Å². The fourth-order valence-electron chi connectivity index (χ4n) is 1.66. The van der Waals surface area contributed by atoms with Crippen molar-refractivity contribution in [1.29, 1.82) is 0 Å². The van der Waals surface area contributed by atoms with Gasteiger partial charge in [0.15, 0.2) is 0 Å². The summed E-state index contributed by atoms with van der Waals surface area (Å²) in [6.45, 7) is 4.39. The number of rotatable bonds is 8. The molecule has 0 aromatic heterocycles. The highest BCUT2D eigenvalue weighted by Gasteiger charge is 2.05. The van der Waals surface area contributed by atoms with Crippen LogP contribution in [0.1, 0.15) is 18.4 Å². The third kappa shape index (κ3) is 5.80. The molecule has 100 valence electrons. The van der Waals surface area contributed by atoms with Crippen LogP contribution in [-0.2, 0) is 9.53 Å². The van der Waals surface area contributed by atoms with E-state index in [9.17, 15) is 4.79 Å². The summed E-state index contributed by atoms with van der Waals surface area (Å²) in [7, 11) is 1.62. The minimum Gasteiger partial charge on any atom is -0.383 e. The number of hydrogen-bond donors (Lipinski definition) is 2. The Labute approximate surface area is 109 Å². The highest BCUT2D eigenvalue weighted by atomic mass is 16.5. The molecule has 0 aliphatic heterocycles. The molecular formula is C14H22N2O2. The average molecular weight is 250 g/mol. The van der Waals surface area contributed by atoms with E-state index in [1.54, 1.807) is 7.11 Å². The summed E-state index contributed by atoms with van der Waals surface area (Å²) >= 11 is 0. The number of benzene rings is 1. The van der Waals surface area contributed by atoms with E-state index in [0.717, 1.165) is 6.54 Å². The van der Waals surface area contributed by atoms with Gasteiger partial charge in [-0.2, -0.15) is 0 Å². The van der Waals surface area contributed by atoms with E-state index in [2.05, 4.69) is 29.7 Å². The van der Waals surface area contributed by atoms with Crippen LogP contribution in [0, 0.1) is 0 Å². The highest BCUT2D eigenvalue weighted by Crippen LogP contribution is 2.12. The van der Waals surface area contributed by atoms with Crippen LogP contribution in [0.5, 0.6) is 0 Å². The number of carbonyl (C=O) groups excluding carboxylic acids is 1. The lowest BCUT2D eigenvalue weighted by atomic mass is 10.0. The Morgan fingerprint density at radius 2 is 2.06 bits per heavy atom. The molecule has 1 rings (SSSR count). The van der Waals surface area contributed by atoms with Crippen LogP contribution in [0.15, 0.2) is 30.3 Å². The summed E-state index contributed by atoms with van der Waals surface area (Å²) in [6.07, 6.45) is 0. The largest absolute Gasteiger partial charge is 0.383 e. The number of carbonyl (C=O) groups is 1. The molecule has 0 spiro atoms. The van der Waals surface area contributed by atoms with Gasteiger partial charge in [0.05, 0.1) is 13.2 Å². The van der Waals surface area contributed by atoms with Gasteiger partial charge in [-0.25, -0.2) is 0 Å². The molecule has 1 aromatic rings. The van der Waals surface area contributed by atoms with Crippen molar-refractivity contribution < 1.29 is 9.53 Å². The molecule has 2 N–H and O–H groups in total. The Kier molecular flexibility index (Phi) is 7.06. The Morgan fingerprint density at radius 1 is 1.33 bits per heavy atom. The van der Waals surface area contributed by atoms with Crippen molar-refractivity contribution in [3.05, 3.63) is 35.9 Å². The van der Waals surface area contributed by atoms with Gasteiger partial charge in [0.2, 0.25) is 5.91 Å². The molecule has 0 aliphatic rings. The average Bonchev–Trinajstić information content (AvgIpc) is 2.40. The van der Waals surface area contributed by atoms with Gasteiger partial charge < -0.3 is 15.4 Å². The van der Waals surface area contributed by atoms with Crippen molar-refractivity contribution in [2.75, 3.05) is 33.4 Å². The van der Waals surface area contributed by atoms with E-state index < -0.39 is 0 Å². The lowest BCUT2D eigenvalue weighted by molar-refractivity contribution is -0.120. The van der Waals surface area contributed by atoms with Crippen molar-refractivity contribution in [3.63, 3.8) is 0 Å². The Bertz CT molecular complexity index is 341. The Hall–Kier alpha value is -1.39. The minimum atomic E-state index is 0.00677. The van der Waals surface area contributed by atoms with Crippen LogP contribution in [0.3, 0.4) is 0 Å². The standard InChI is InChI=1S/C14H22N2O2/c1-12(13-6-4-3-5-7-13)10-15-11-14(17)16-8-9-18-2/h3-7,12,15H,8-11H2,1-2H3,(H,16,17). The predicted octanol–water partition coefficient (Wildman–Crippen LogP) is 1.14. The van der Waals surface area contributed by atoms with Crippen molar-refractivity contribution in [3.8, 4) is 0 Å². The summed E-state index contributed by atoms with van der Waals surface area (Å²) in [4.78, 5) is 11.4. The topological polar surface area (TPSA) is 50.4 Å². The van der Waals surface area contributed by atoms with Gasteiger partial charge in [0.25, 0.3) is 0 Å². The third-order valence-electron chi connectivity index (χ3n) is 2.73. The molecule has 1 amide bonds. The van der Waals surface area contributed by atoms with Gasteiger partial charge >= 0.3 is 0 Å². The predicted molar refractivity (Wildman–Crippen MR) is 72.6 cm³/mol. The second-order valence-electron chi connectivity index (χ2n) is 4.29. The van der Waals surface area contributed by atoms with Crippen LogP contribution in [0.25, 0.3) is 0 Å². The summed E-state index contributed by atoms with van der Waals surface area (Å²) < 4.78 is 4.86. The second kappa shape index (κ2) is 8.66. The second-order valence-corrected chi connectivity index (χ2v) is 4.29. The van der Waals surface area contributed by atoms with E-state index in [0.29, 0.717) is 25.6 Å². The Morgan fingerprint density at radius 3 is 2.72 bits per heavy atom. The number of methoxy groups -OCH3 is 1. The molecule has 0 fully saturated rings. The first kappa shape index (κ1) is 14.7. The Balaban J connectivity index is 2.16. The van der Waals surface area contributed by atoms with E-state index in [4.69, 9.17) is 4.74 Å². The summed E-state index contributed by atoms with van der Waals surface area (Å²) in [5.74, 6) is 0.408. The number of ether oxygens (including phenoxy) is 1. The highest BCUT2D eigenvalue weighted by molar-refractivity contribution is 5.77. The SMILES string of the molecule is COCCNC(=O)CNCC(C)c1ccccc1. The lowest BCUT2D eigenvalue weighted by Gasteiger charge is -2.12. The van der Waals surface area contributed by atoms with Gasteiger partial charge in [0.1, 0.15) is 0 Å². The summed E-state index contributed by atoms with van der Waals surface area (Å²) in [6, 6.07) is 10.3. The first-order valence-electron chi connectivity index (χ1n) is 6.25. The molecule has 0 saturated carbocycles. The molecule has 1 aromatic carbocycles. The number of hydrogen-bond acceptors (Lipinski definition) is 3. The molecule has 0 bridgehead atoms. The minimum absolute atomic E-state index is 0.00677. The summed E-state index contributed by atoms with van der Waals surface area (Å²) in [5.41, 5.74) is 1.28. The maximum absolute atomic E-state index is 11.4. The molecule has 0 saturated heterocycles. The van der Waals surface area contributed by atoms with Crippen LogP contribution < -0.4 is 10.6 Å². The molecule has 1 unspecified atom stereocenters. The molecule has 18 heavy (non-hydrogen) atoms. The van der Waals surface area contributed by atoms with Crippen LogP contribution in [0.2, 0.25) is 0 Å². The normalized spacial score (nSPS) is 12.1. The van der Waals surface area contributed by atoms with Gasteiger partial charge in [-0.3, -0.25) is 4.79 Å². The van der Waals surface area contributed by atoms with Gasteiger partial charge in [-0.15, -0.1) is 0 Å². The first-order valence-corrected chi connectivity index (χ1v) is 6.25. The zero-order chi connectivity index (χ0) is 13.2. The van der Waals surface area contributed by atoms with Crippen LogP contribution in [0.4, 0.5) is 0 Å². The smallest absolute Gasteiger partial charge is 0.234 e. The molecule has 1 atom stereocenters. The van der Waals surface area contributed by atoms with Crippen molar-refractivity contribution in [1.82, 2.24) is 10.6 Å². The third-order valence-corrected chi connectivity index (χ3v) is 2.73. The fourth-order valence-corrected chi connectivity index (χ4v) is 1.66. The zero-order valence-corrected chi connectivity index (χ0v) is 11.1. The molecular weight excluding hydrogens is 228 g/mol. The summed E-state index contributed by atoms with van der Waals surface area (Å²) in [5, 5.41) is 5.93. The van der Waals surface area contributed by atoms with E-state index >= 15 is 0 Å².